The van der Waals surface area contributed by atoms with Gasteiger partial charge >= 0.3 is 0 Å². The molecule has 0 spiro atoms. The standard InChI is InChI=1S/C9H16O2/c1-3-5-8(10)7-9(11)6-4-2/h7,10H,3-6H2,1-2H3/b8-7+. The van der Waals surface area contributed by atoms with Crippen LogP contribution in [-0.2, 0) is 4.79 Å². The van der Waals surface area contributed by atoms with E-state index in [0.29, 0.717) is 12.8 Å². The lowest BCUT2D eigenvalue weighted by molar-refractivity contribution is -0.114. The fourth-order valence-electron chi connectivity index (χ4n) is 0.833. The van der Waals surface area contributed by atoms with Crippen LogP contribution in [0.4, 0.5) is 0 Å². The molecule has 0 heterocycles. The van der Waals surface area contributed by atoms with Crippen LogP contribution < -0.4 is 0 Å². The van der Waals surface area contributed by atoms with E-state index in [4.69, 9.17) is 5.11 Å². The number of ketones is 1. The zero-order valence-corrected chi connectivity index (χ0v) is 7.26. The maximum atomic E-state index is 10.9. The molecule has 0 saturated carbocycles. The summed E-state index contributed by atoms with van der Waals surface area (Å²) in [6.45, 7) is 3.91. The molecule has 0 saturated heterocycles. The molecule has 0 aliphatic carbocycles. The molecule has 11 heavy (non-hydrogen) atoms. The van der Waals surface area contributed by atoms with Gasteiger partial charge in [0.2, 0.25) is 0 Å². The minimum atomic E-state index is 0.0263. The Morgan fingerprint density at radius 2 is 1.82 bits per heavy atom. The van der Waals surface area contributed by atoms with E-state index in [1.165, 1.54) is 6.08 Å². The van der Waals surface area contributed by atoms with Crippen LogP contribution in [0, 0.1) is 0 Å². The third-order valence-corrected chi connectivity index (χ3v) is 1.33. The van der Waals surface area contributed by atoms with Gasteiger partial charge in [-0.05, 0) is 12.8 Å². The van der Waals surface area contributed by atoms with Gasteiger partial charge in [0.25, 0.3) is 0 Å². The summed E-state index contributed by atoms with van der Waals surface area (Å²) in [4.78, 5) is 10.9. The average molecular weight is 156 g/mol. The smallest absolute Gasteiger partial charge is 0.159 e. The van der Waals surface area contributed by atoms with E-state index in [0.717, 1.165) is 12.8 Å². The Morgan fingerprint density at radius 3 is 2.27 bits per heavy atom. The van der Waals surface area contributed by atoms with E-state index < -0.39 is 0 Å². The van der Waals surface area contributed by atoms with Gasteiger partial charge in [-0.15, -0.1) is 0 Å². The molecular weight excluding hydrogens is 140 g/mol. The fourth-order valence-corrected chi connectivity index (χ4v) is 0.833. The highest BCUT2D eigenvalue weighted by Gasteiger charge is 1.97. The Hall–Kier alpha value is -0.790. The summed E-state index contributed by atoms with van der Waals surface area (Å²) in [6, 6.07) is 0. The first kappa shape index (κ1) is 10.2. The maximum absolute atomic E-state index is 10.9. The molecule has 2 nitrogen and oxygen atoms in total. The molecule has 0 aliphatic rings. The maximum Gasteiger partial charge on any atom is 0.159 e. The molecule has 1 N–H and O–H groups in total. The number of hydrogen-bond acceptors (Lipinski definition) is 2. The Morgan fingerprint density at radius 1 is 1.27 bits per heavy atom. The van der Waals surface area contributed by atoms with Gasteiger partial charge in [-0.2, -0.15) is 0 Å². The molecule has 0 unspecified atom stereocenters. The van der Waals surface area contributed by atoms with Crippen LogP contribution in [-0.4, -0.2) is 10.9 Å². The summed E-state index contributed by atoms with van der Waals surface area (Å²) in [5.41, 5.74) is 0. The van der Waals surface area contributed by atoms with Gasteiger partial charge < -0.3 is 5.11 Å². The van der Waals surface area contributed by atoms with Crippen molar-refractivity contribution >= 4 is 5.78 Å². The summed E-state index contributed by atoms with van der Waals surface area (Å²) in [5, 5.41) is 9.09. The number of carbonyl (C=O) groups is 1. The monoisotopic (exact) mass is 156 g/mol. The molecule has 2 heteroatoms. The van der Waals surface area contributed by atoms with Gasteiger partial charge in [-0.25, -0.2) is 0 Å². The van der Waals surface area contributed by atoms with Crippen LogP contribution in [0.1, 0.15) is 39.5 Å². The van der Waals surface area contributed by atoms with Crippen molar-refractivity contribution in [2.24, 2.45) is 0 Å². The normalized spacial score (nSPS) is 11.6. The lowest BCUT2D eigenvalue weighted by Gasteiger charge is -1.95. The van der Waals surface area contributed by atoms with Crippen molar-refractivity contribution in [2.45, 2.75) is 39.5 Å². The number of aliphatic hydroxyl groups excluding tert-OH is 1. The molecule has 0 radical (unpaired) electrons. The largest absolute Gasteiger partial charge is 0.512 e. The first-order chi connectivity index (χ1) is 5.20. The molecule has 0 amide bonds. The van der Waals surface area contributed by atoms with Gasteiger partial charge in [-0.3, -0.25) is 4.79 Å². The first-order valence-corrected chi connectivity index (χ1v) is 4.13. The molecule has 64 valence electrons. The van der Waals surface area contributed by atoms with Crippen molar-refractivity contribution in [2.75, 3.05) is 0 Å². The number of allylic oxidation sites excluding steroid dienone is 2. The van der Waals surface area contributed by atoms with E-state index >= 15 is 0 Å². The van der Waals surface area contributed by atoms with Crippen molar-refractivity contribution in [1.29, 1.82) is 0 Å². The number of hydrogen-bond donors (Lipinski definition) is 1. The highest BCUT2D eigenvalue weighted by Crippen LogP contribution is 2.01. The van der Waals surface area contributed by atoms with Crippen LogP contribution in [0.2, 0.25) is 0 Å². The number of rotatable bonds is 5. The lowest BCUT2D eigenvalue weighted by Crippen LogP contribution is -1.93. The minimum absolute atomic E-state index is 0.0263. The van der Waals surface area contributed by atoms with Crippen molar-refractivity contribution in [3.8, 4) is 0 Å². The predicted molar refractivity (Wildman–Crippen MR) is 45.5 cm³/mol. The van der Waals surface area contributed by atoms with Crippen molar-refractivity contribution in [3.63, 3.8) is 0 Å². The Bertz CT molecular complexity index is 148. The molecule has 0 fully saturated rings. The first-order valence-electron chi connectivity index (χ1n) is 4.13. The second-order valence-electron chi connectivity index (χ2n) is 2.60. The molecule has 0 aliphatic heterocycles. The van der Waals surface area contributed by atoms with Gasteiger partial charge in [0, 0.05) is 18.9 Å². The second kappa shape index (κ2) is 5.96. The van der Waals surface area contributed by atoms with E-state index in [9.17, 15) is 4.79 Å². The van der Waals surface area contributed by atoms with Crippen LogP contribution in [0.5, 0.6) is 0 Å². The van der Waals surface area contributed by atoms with Gasteiger partial charge in [0.1, 0.15) is 0 Å². The summed E-state index contributed by atoms with van der Waals surface area (Å²) < 4.78 is 0. The topological polar surface area (TPSA) is 37.3 Å². The third-order valence-electron chi connectivity index (χ3n) is 1.33. The van der Waals surface area contributed by atoms with Crippen molar-refractivity contribution < 1.29 is 9.90 Å². The second-order valence-corrected chi connectivity index (χ2v) is 2.60. The van der Waals surface area contributed by atoms with E-state index in [2.05, 4.69) is 0 Å². The van der Waals surface area contributed by atoms with Crippen LogP contribution >= 0.6 is 0 Å². The summed E-state index contributed by atoms with van der Waals surface area (Å²) in [7, 11) is 0. The molecule has 0 aromatic rings. The van der Waals surface area contributed by atoms with Gasteiger partial charge in [0.05, 0.1) is 5.76 Å². The zero-order valence-electron chi connectivity index (χ0n) is 7.26. The third kappa shape index (κ3) is 5.64. The zero-order chi connectivity index (χ0) is 8.69. The van der Waals surface area contributed by atoms with Gasteiger partial charge in [-0.1, -0.05) is 13.8 Å². The molecule has 0 bridgehead atoms. The quantitative estimate of drug-likeness (QED) is 0.490. The fraction of sp³-hybridized carbons (Fsp3) is 0.667. The number of aliphatic hydroxyl groups is 1. The predicted octanol–water partition coefficient (Wildman–Crippen LogP) is 2.60. The Balaban J connectivity index is 3.76. The van der Waals surface area contributed by atoms with Crippen molar-refractivity contribution in [3.05, 3.63) is 11.8 Å². The Kier molecular flexibility index (Phi) is 5.53. The minimum Gasteiger partial charge on any atom is -0.512 e. The lowest BCUT2D eigenvalue weighted by atomic mass is 10.2. The molecule has 0 aromatic carbocycles. The van der Waals surface area contributed by atoms with Crippen LogP contribution in [0.3, 0.4) is 0 Å². The molecule has 0 atom stereocenters. The number of carbonyl (C=O) groups excluding carboxylic acids is 1. The Labute approximate surface area is 67.9 Å². The summed E-state index contributed by atoms with van der Waals surface area (Å²) in [5.74, 6) is 0.240. The molecule has 0 aromatic heterocycles. The van der Waals surface area contributed by atoms with E-state index in [1.807, 2.05) is 13.8 Å². The molecular formula is C9H16O2. The highest BCUT2D eigenvalue weighted by atomic mass is 16.3. The van der Waals surface area contributed by atoms with E-state index in [1.54, 1.807) is 0 Å². The van der Waals surface area contributed by atoms with Crippen molar-refractivity contribution in [1.82, 2.24) is 0 Å². The van der Waals surface area contributed by atoms with E-state index in [-0.39, 0.29) is 11.5 Å². The molecule has 0 rings (SSSR count). The summed E-state index contributed by atoms with van der Waals surface area (Å²) in [6.07, 6.45) is 4.20. The van der Waals surface area contributed by atoms with Crippen LogP contribution in [0.15, 0.2) is 11.8 Å². The average Bonchev–Trinajstić information content (AvgIpc) is 1.87. The SMILES string of the molecule is CCCC(=O)/C=C(/O)CCC. The van der Waals surface area contributed by atoms with Gasteiger partial charge in [0.15, 0.2) is 5.78 Å². The summed E-state index contributed by atoms with van der Waals surface area (Å²) >= 11 is 0. The highest BCUT2D eigenvalue weighted by molar-refractivity contribution is 5.89. The van der Waals surface area contributed by atoms with Crippen LogP contribution in [0.25, 0.3) is 0 Å².